The number of piperidine rings is 1. The summed E-state index contributed by atoms with van der Waals surface area (Å²) in [6, 6.07) is 12.8. The van der Waals surface area contributed by atoms with E-state index in [-0.39, 0.29) is 6.04 Å². The summed E-state index contributed by atoms with van der Waals surface area (Å²) in [5.41, 5.74) is 4.92. The molecule has 0 aliphatic carbocycles. The molecule has 6 rings (SSSR count). The van der Waals surface area contributed by atoms with Gasteiger partial charge in [0.1, 0.15) is 13.9 Å². The molecule has 6 heterocycles. The van der Waals surface area contributed by atoms with Crippen molar-refractivity contribution in [1.29, 1.82) is 0 Å². The van der Waals surface area contributed by atoms with Gasteiger partial charge in [-0.05, 0) is 67.2 Å². The number of fused-ring (bicyclic) bond motifs is 1. The molecular formula is C27H26BN5S2. The number of hydrogen-bond acceptors (Lipinski definition) is 7. The van der Waals surface area contributed by atoms with Crippen LogP contribution in [0, 0.1) is 5.92 Å². The minimum atomic E-state index is -0.119. The van der Waals surface area contributed by atoms with Crippen molar-refractivity contribution in [2.75, 3.05) is 13.1 Å². The zero-order valence-electron chi connectivity index (χ0n) is 19.4. The van der Waals surface area contributed by atoms with E-state index in [2.05, 4.69) is 62.0 Å². The molecule has 0 aromatic carbocycles. The predicted molar refractivity (Wildman–Crippen MR) is 147 cm³/mol. The molecule has 8 heteroatoms. The highest BCUT2D eigenvalue weighted by atomic mass is 32.1. The Labute approximate surface area is 215 Å². The number of thiophene rings is 2. The van der Waals surface area contributed by atoms with Crippen molar-refractivity contribution < 1.29 is 0 Å². The molecule has 0 amide bonds. The number of likely N-dealkylation sites (tertiary alicyclic amines) is 1. The first-order valence-electron chi connectivity index (χ1n) is 12.0. The van der Waals surface area contributed by atoms with Crippen molar-refractivity contribution in [1.82, 2.24) is 15.2 Å². The lowest BCUT2D eigenvalue weighted by Crippen LogP contribution is -2.37. The SMILES string of the molecule is [B]C1=C2N=C(C3CCN(Cc4ccc(-c5cccs5)s4)CC3)C=C(NCc3cccnc3)C2N=C1. The molecule has 1 fully saturated rings. The van der Waals surface area contributed by atoms with E-state index in [1.807, 2.05) is 34.9 Å². The van der Waals surface area contributed by atoms with Crippen LogP contribution in [0.3, 0.4) is 0 Å². The van der Waals surface area contributed by atoms with Gasteiger partial charge in [0.2, 0.25) is 0 Å². The fraction of sp³-hybridized carbons (Fsp3) is 0.296. The van der Waals surface area contributed by atoms with Gasteiger partial charge in [0.15, 0.2) is 0 Å². The van der Waals surface area contributed by atoms with E-state index in [0.717, 1.165) is 55.1 Å². The first-order valence-corrected chi connectivity index (χ1v) is 13.7. The predicted octanol–water partition coefficient (Wildman–Crippen LogP) is 5.05. The number of nitrogens with zero attached hydrogens (tertiary/aromatic N) is 4. The van der Waals surface area contributed by atoms with E-state index >= 15 is 0 Å². The molecule has 1 N–H and O–H groups in total. The van der Waals surface area contributed by atoms with Crippen molar-refractivity contribution in [2.45, 2.75) is 32.0 Å². The highest BCUT2D eigenvalue weighted by Gasteiger charge is 2.31. The van der Waals surface area contributed by atoms with E-state index in [9.17, 15) is 0 Å². The molecule has 5 nitrogen and oxygen atoms in total. The van der Waals surface area contributed by atoms with Crippen LogP contribution in [0.1, 0.15) is 23.3 Å². The van der Waals surface area contributed by atoms with Gasteiger partial charge in [-0.25, -0.2) is 0 Å². The van der Waals surface area contributed by atoms with Crippen LogP contribution in [0.4, 0.5) is 0 Å². The number of pyridine rings is 1. The molecule has 3 aliphatic heterocycles. The second-order valence-corrected chi connectivity index (χ2v) is 11.3. The van der Waals surface area contributed by atoms with Crippen LogP contribution >= 0.6 is 22.7 Å². The lowest BCUT2D eigenvalue weighted by atomic mass is 9.87. The van der Waals surface area contributed by atoms with Crippen molar-refractivity contribution in [2.24, 2.45) is 15.9 Å². The summed E-state index contributed by atoms with van der Waals surface area (Å²) in [6.45, 7) is 3.89. The first-order chi connectivity index (χ1) is 17.2. The number of allylic oxidation sites excluding steroid dienone is 2. The summed E-state index contributed by atoms with van der Waals surface area (Å²) in [4.78, 5) is 20.6. The monoisotopic (exact) mass is 495 g/mol. The molecule has 1 atom stereocenters. The lowest BCUT2D eigenvalue weighted by Gasteiger charge is -2.33. The first kappa shape index (κ1) is 22.6. The normalized spacial score (nSPS) is 20.6. The van der Waals surface area contributed by atoms with Gasteiger partial charge in [-0.15, -0.1) is 22.7 Å². The van der Waals surface area contributed by atoms with E-state index in [1.54, 1.807) is 12.4 Å². The maximum absolute atomic E-state index is 6.25. The molecule has 1 saturated heterocycles. The second-order valence-electron chi connectivity index (χ2n) is 9.17. The Morgan fingerprint density at radius 3 is 2.80 bits per heavy atom. The van der Waals surface area contributed by atoms with E-state index in [1.165, 1.54) is 14.6 Å². The smallest absolute Gasteiger partial charge is 0.131 e. The summed E-state index contributed by atoms with van der Waals surface area (Å²) in [5, 5.41) is 5.73. The van der Waals surface area contributed by atoms with Crippen LogP contribution in [-0.2, 0) is 13.1 Å². The lowest BCUT2D eigenvalue weighted by molar-refractivity contribution is 0.203. The third kappa shape index (κ3) is 4.96. The Balaban J connectivity index is 1.11. The largest absolute Gasteiger partial charge is 0.382 e. The zero-order chi connectivity index (χ0) is 23.6. The van der Waals surface area contributed by atoms with Gasteiger partial charge in [0.25, 0.3) is 0 Å². The molecule has 0 spiro atoms. The number of hydrogen-bond donors (Lipinski definition) is 1. The molecule has 2 radical (unpaired) electrons. The molecule has 3 aliphatic rings. The van der Waals surface area contributed by atoms with Gasteiger partial charge in [0, 0.05) is 63.7 Å². The third-order valence-corrected chi connectivity index (χ3v) is 8.93. The molecule has 0 saturated carbocycles. The molecule has 35 heavy (non-hydrogen) atoms. The quantitative estimate of drug-likeness (QED) is 0.467. The Bertz CT molecular complexity index is 1300. The molecule has 3 aromatic rings. The standard InChI is InChI=1S/C27H26BN5S2/c28-21-16-31-27-23(30-15-18-3-1-9-29-14-18)13-22(32-26(21)27)19-7-10-33(11-8-19)17-20-5-6-25(35-20)24-4-2-12-34-24/h1-6,9,12-14,16,19,27,30H,7-8,10-11,15,17H2. The average molecular weight is 495 g/mol. The van der Waals surface area contributed by atoms with E-state index in [4.69, 9.17) is 12.8 Å². The molecule has 1 unspecified atom stereocenters. The summed E-state index contributed by atoms with van der Waals surface area (Å²) >= 11 is 3.73. The Morgan fingerprint density at radius 1 is 1.09 bits per heavy atom. The van der Waals surface area contributed by atoms with Crippen LogP contribution in [-0.4, -0.2) is 48.8 Å². The topological polar surface area (TPSA) is 52.9 Å². The minimum absolute atomic E-state index is 0.119. The van der Waals surface area contributed by atoms with Crippen molar-refractivity contribution >= 4 is 42.4 Å². The highest BCUT2D eigenvalue weighted by Crippen LogP contribution is 2.34. The van der Waals surface area contributed by atoms with Crippen LogP contribution in [0.2, 0.25) is 0 Å². The summed E-state index contributed by atoms with van der Waals surface area (Å²) in [7, 11) is 6.25. The molecule has 0 bridgehead atoms. The van der Waals surface area contributed by atoms with Gasteiger partial charge < -0.3 is 5.32 Å². The van der Waals surface area contributed by atoms with Crippen LogP contribution in [0.15, 0.2) is 87.1 Å². The van der Waals surface area contributed by atoms with Crippen LogP contribution in [0.5, 0.6) is 0 Å². The summed E-state index contributed by atoms with van der Waals surface area (Å²) in [6.07, 6.45) is 9.86. The van der Waals surface area contributed by atoms with Gasteiger partial charge in [0.05, 0.1) is 5.70 Å². The van der Waals surface area contributed by atoms with Crippen molar-refractivity contribution in [3.05, 3.63) is 87.6 Å². The fourth-order valence-corrected chi connectivity index (χ4v) is 6.78. The maximum Gasteiger partial charge on any atom is 0.131 e. The molecule has 3 aromatic heterocycles. The van der Waals surface area contributed by atoms with Gasteiger partial charge in [-0.1, -0.05) is 17.6 Å². The number of aromatic nitrogens is 1. The maximum atomic E-state index is 6.25. The van der Waals surface area contributed by atoms with Crippen molar-refractivity contribution in [3.8, 4) is 9.75 Å². The molecule has 174 valence electrons. The van der Waals surface area contributed by atoms with Crippen molar-refractivity contribution in [3.63, 3.8) is 0 Å². The Hall–Kier alpha value is -2.81. The zero-order valence-corrected chi connectivity index (χ0v) is 21.1. The molecular weight excluding hydrogens is 469 g/mol. The summed E-state index contributed by atoms with van der Waals surface area (Å²) < 4.78 is 0. The minimum Gasteiger partial charge on any atom is -0.382 e. The summed E-state index contributed by atoms with van der Waals surface area (Å²) in [5.74, 6) is 0.438. The van der Waals surface area contributed by atoms with Gasteiger partial charge in [-0.2, -0.15) is 0 Å². The van der Waals surface area contributed by atoms with Crippen LogP contribution < -0.4 is 5.32 Å². The number of dihydropyridines is 1. The number of aliphatic imine (C=N–C) groups is 2. The Kier molecular flexibility index (Phi) is 6.50. The van der Waals surface area contributed by atoms with Crippen LogP contribution in [0.25, 0.3) is 9.75 Å². The third-order valence-electron chi connectivity index (χ3n) is 6.80. The van der Waals surface area contributed by atoms with E-state index < -0.39 is 0 Å². The van der Waals surface area contributed by atoms with E-state index in [0.29, 0.717) is 17.9 Å². The number of nitrogens with one attached hydrogen (secondary N) is 1. The second kappa shape index (κ2) is 10.1. The van der Waals surface area contributed by atoms with Gasteiger partial charge >= 0.3 is 0 Å². The number of rotatable bonds is 7. The highest BCUT2D eigenvalue weighted by molar-refractivity contribution is 7.21. The average Bonchev–Trinajstić information content (AvgIpc) is 3.66. The van der Waals surface area contributed by atoms with Gasteiger partial charge in [-0.3, -0.25) is 19.9 Å². The fourth-order valence-electron chi connectivity index (χ4n) is 4.90. The Morgan fingerprint density at radius 2 is 2.00 bits per heavy atom.